The maximum absolute atomic E-state index is 13.5. The third-order valence-corrected chi connectivity index (χ3v) is 8.01. The van der Waals surface area contributed by atoms with Gasteiger partial charge in [0.05, 0.1) is 21.0 Å². The second-order valence-electron chi connectivity index (χ2n) is 7.25. The van der Waals surface area contributed by atoms with Crippen LogP contribution < -0.4 is 5.32 Å². The van der Waals surface area contributed by atoms with Crippen LogP contribution in [0.2, 0.25) is 5.02 Å². The van der Waals surface area contributed by atoms with Gasteiger partial charge < -0.3 is 10.1 Å². The molecule has 0 radical (unpaired) electrons. The van der Waals surface area contributed by atoms with Crippen LogP contribution in [0.4, 0.5) is 5.69 Å². The number of amides is 1. The van der Waals surface area contributed by atoms with Crippen LogP contribution in [0.5, 0.6) is 0 Å². The molecule has 162 valence electrons. The lowest BCUT2D eigenvalue weighted by molar-refractivity contribution is -0.125. The van der Waals surface area contributed by atoms with E-state index in [1.54, 1.807) is 13.8 Å². The molecule has 30 heavy (non-hydrogen) atoms. The van der Waals surface area contributed by atoms with Crippen LogP contribution in [0.15, 0.2) is 53.4 Å². The molecule has 0 unspecified atom stereocenters. The van der Waals surface area contributed by atoms with Crippen LogP contribution in [0, 0.1) is 0 Å². The molecule has 1 N–H and O–H groups in total. The number of nitrogens with one attached hydrogen (secondary N) is 1. The SMILES string of the molecule is CCN(CC)S(=O)(=O)c1ccc(Cl)c(NC(=O)C2(c3ccccc3)CCOCC2)c1. The fraction of sp³-hybridized carbons (Fsp3) is 0.409. The fourth-order valence-electron chi connectivity index (χ4n) is 3.84. The summed E-state index contributed by atoms with van der Waals surface area (Å²) in [6.45, 7) is 5.25. The van der Waals surface area contributed by atoms with Crippen molar-refractivity contribution in [2.75, 3.05) is 31.6 Å². The monoisotopic (exact) mass is 450 g/mol. The molecule has 2 aromatic carbocycles. The van der Waals surface area contributed by atoms with Crippen molar-refractivity contribution >= 4 is 33.2 Å². The van der Waals surface area contributed by atoms with Gasteiger partial charge in [-0.25, -0.2) is 8.42 Å². The zero-order valence-electron chi connectivity index (χ0n) is 17.2. The van der Waals surface area contributed by atoms with Crippen molar-refractivity contribution in [2.45, 2.75) is 37.0 Å². The topological polar surface area (TPSA) is 75.7 Å². The Bertz CT molecular complexity index is 985. The minimum absolute atomic E-state index is 0.103. The lowest BCUT2D eigenvalue weighted by atomic mass is 9.73. The summed E-state index contributed by atoms with van der Waals surface area (Å²) in [5, 5.41) is 3.19. The van der Waals surface area contributed by atoms with E-state index in [1.807, 2.05) is 30.3 Å². The highest BCUT2D eigenvalue weighted by Gasteiger charge is 2.42. The van der Waals surface area contributed by atoms with E-state index in [-0.39, 0.29) is 21.5 Å². The summed E-state index contributed by atoms with van der Waals surface area (Å²) in [5.74, 6) is -0.212. The molecule has 1 aliphatic heterocycles. The van der Waals surface area contributed by atoms with E-state index in [2.05, 4.69) is 5.32 Å². The summed E-state index contributed by atoms with van der Waals surface area (Å²) in [7, 11) is -3.67. The summed E-state index contributed by atoms with van der Waals surface area (Å²) >= 11 is 6.32. The zero-order chi connectivity index (χ0) is 21.8. The van der Waals surface area contributed by atoms with Gasteiger partial charge in [0.2, 0.25) is 15.9 Å². The Morgan fingerprint density at radius 3 is 2.33 bits per heavy atom. The highest BCUT2D eigenvalue weighted by Crippen LogP contribution is 2.37. The molecule has 0 spiro atoms. The van der Waals surface area contributed by atoms with Gasteiger partial charge >= 0.3 is 0 Å². The van der Waals surface area contributed by atoms with Crippen molar-refractivity contribution in [3.8, 4) is 0 Å². The number of carbonyl (C=O) groups excluding carboxylic acids is 1. The maximum Gasteiger partial charge on any atom is 0.243 e. The first-order valence-electron chi connectivity index (χ1n) is 10.1. The highest BCUT2D eigenvalue weighted by molar-refractivity contribution is 7.89. The van der Waals surface area contributed by atoms with Crippen LogP contribution in [-0.2, 0) is 25.0 Å². The number of rotatable bonds is 7. The fourth-order valence-corrected chi connectivity index (χ4v) is 5.49. The van der Waals surface area contributed by atoms with E-state index >= 15 is 0 Å². The van der Waals surface area contributed by atoms with Gasteiger partial charge in [-0.15, -0.1) is 0 Å². The molecule has 1 aliphatic rings. The van der Waals surface area contributed by atoms with Gasteiger partial charge in [0, 0.05) is 26.3 Å². The molecular weight excluding hydrogens is 424 g/mol. The Hall–Kier alpha value is -1.93. The molecular formula is C22H27ClN2O4S. The predicted molar refractivity (Wildman–Crippen MR) is 118 cm³/mol. The Balaban J connectivity index is 1.96. The third-order valence-electron chi connectivity index (χ3n) is 5.64. The Morgan fingerprint density at radius 2 is 1.73 bits per heavy atom. The van der Waals surface area contributed by atoms with Crippen molar-refractivity contribution in [1.82, 2.24) is 4.31 Å². The van der Waals surface area contributed by atoms with E-state index in [9.17, 15) is 13.2 Å². The lowest BCUT2D eigenvalue weighted by Crippen LogP contribution is -2.44. The predicted octanol–water partition coefficient (Wildman–Crippen LogP) is 4.06. The average molecular weight is 451 g/mol. The molecule has 0 saturated carbocycles. The molecule has 1 fully saturated rings. The molecule has 0 bridgehead atoms. The van der Waals surface area contributed by atoms with E-state index in [0.717, 1.165) is 5.56 Å². The molecule has 6 nitrogen and oxygen atoms in total. The summed E-state index contributed by atoms with van der Waals surface area (Å²) < 4.78 is 32.6. The molecule has 3 rings (SSSR count). The Kier molecular flexibility index (Phi) is 7.18. The highest BCUT2D eigenvalue weighted by atomic mass is 35.5. The van der Waals surface area contributed by atoms with Gasteiger partial charge in [-0.05, 0) is 36.6 Å². The summed E-state index contributed by atoms with van der Waals surface area (Å²) in [6.07, 6.45) is 1.08. The number of hydrogen-bond donors (Lipinski definition) is 1. The number of hydrogen-bond acceptors (Lipinski definition) is 4. The summed E-state index contributed by atoms with van der Waals surface area (Å²) in [5.41, 5.74) is 0.446. The molecule has 0 atom stereocenters. The molecule has 1 saturated heterocycles. The Morgan fingerprint density at radius 1 is 1.10 bits per heavy atom. The zero-order valence-corrected chi connectivity index (χ0v) is 18.8. The van der Waals surface area contributed by atoms with E-state index in [0.29, 0.717) is 39.1 Å². The smallest absolute Gasteiger partial charge is 0.243 e. The molecule has 8 heteroatoms. The number of sulfonamides is 1. The van der Waals surface area contributed by atoms with Crippen molar-refractivity contribution in [2.24, 2.45) is 0 Å². The number of halogens is 1. The summed E-state index contributed by atoms with van der Waals surface area (Å²) in [4.78, 5) is 13.6. The second-order valence-corrected chi connectivity index (χ2v) is 9.59. The van der Waals surface area contributed by atoms with Crippen LogP contribution in [0.25, 0.3) is 0 Å². The van der Waals surface area contributed by atoms with Gasteiger partial charge in [-0.1, -0.05) is 55.8 Å². The largest absolute Gasteiger partial charge is 0.381 e. The molecule has 2 aromatic rings. The van der Waals surface area contributed by atoms with Gasteiger partial charge in [0.1, 0.15) is 0 Å². The Labute approximate surface area is 183 Å². The van der Waals surface area contributed by atoms with Gasteiger partial charge in [-0.3, -0.25) is 4.79 Å². The molecule has 0 aliphatic carbocycles. The van der Waals surface area contributed by atoms with Gasteiger partial charge in [0.15, 0.2) is 0 Å². The average Bonchev–Trinajstić information content (AvgIpc) is 2.76. The second kappa shape index (κ2) is 9.47. The molecule has 0 aromatic heterocycles. The normalized spacial score (nSPS) is 16.4. The first kappa shape index (κ1) is 22.7. The van der Waals surface area contributed by atoms with Gasteiger partial charge in [0.25, 0.3) is 0 Å². The van der Waals surface area contributed by atoms with Crippen LogP contribution >= 0.6 is 11.6 Å². The standard InChI is InChI=1S/C22H27ClN2O4S/c1-3-25(4-2)30(27,28)18-10-11-19(23)20(16-18)24-21(26)22(12-14-29-15-13-22)17-8-6-5-7-9-17/h5-11,16H,3-4,12-15H2,1-2H3,(H,24,26). The number of nitrogens with zero attached hydrogens (tertiary/aromatic N) is 1. The minimum Gasteiger partial charge on any atom is -0.381 e. The molecule has 1 amide bonds. The van der Waals surface area contributed by atoms with Crippen LogP contribution in [0.3, 0.4) is 0 Å². The number of ether oxygens (including phenoxy) is 1. The number of benzene rings is 2. The lowest BCUT2D eigenvalue weighted by Gasteiger charge is -2.36. The summed E-state index contributed by atoms with van der Waals surface area (Å²) in [6, 6.07) is 14.0. The van der Waals surface area contributed by atoms with Crippen molar-refractivity contribution in [3.63, 3.8) is 0 Å². The van der Waals surface area contributed by atoms with Crippen molar-refractivity contribution in [1.29, 1.82) is 0 Å². The third kappa shape index (κ3) is 4.39. The van der Waals surface area contributed by atoms with E-state index in [4.69, 9.17) is 16.3 Å². The number of anilines is 1. The van der Waals surface area contributed by atoms with Crippen LogP contribution in [0.1, 0.15) is 32.3 Å². The quantitative estimate of drug-likeness (QED) is 0.690. The van der Waals surface area contributed by atoms with Crippen LogP contribution in [-0.4, -0.2) is 44.9 Å². The van der Waals surface area contributed by atoms with Crippen molar-refractivity contribution in [3.05, 3.63) is 59.1 Å². The van der Waals surface area contributed by atoms with Crippen molar-refractivity contribution < 1.29 is 17.9 Å². The van der Waals surface area contributed by atoms with E-state index < -0.39 is 15.4 Å². The maximum atomic E-state index is 13.5. The first-order valence-corrected chi connectivity index (χ1v) is 11.9. The molecule has 1 heterocycles. The van der Waals surface area contributed by atoms with E-state index in [1.165, 1.54) is 22.5 Å². The number of carbonyl (C=O) groups is 1. The minimum atomic E-state index is -3.67. The van der Waals surface area contributed by atoms with Gasteiger partial charge in [-0.2, -0.15) is 4.31 Å². The first-order chi connectivity index (χ1) is 14.3.